The molecule has 0 saturated carbocycles. The van der Waals surface area contributed by atoms with E-state index in [-0.39, 0.29) is 17.3 Å². The quantitative estimate of drug-likeness (QED) is 0.536. The van der Waals surface area contributed by atoms with Gasteiger partial charge in [0.1, 0.15) is 0 Å². The van der Waals surface area contributed by atoms with Gasteiger partial charge in [0.2, 0.25) is 0 Å². The number of hydrogen-bond donors (Lipinski definition) is 3. The van der Waals surface area contributed by atoms with E-state index in [2.05, 4.69) is 37.7 Å². The van der Waals surface area contributed by atoms with Gasteiger partial charge in [0.25, 0.3) is 0 Å². The van der Waals surface area contributed by atoms with E-state index in [0.29, 0.717) is 19.3 Å². The molecule has 1 aliphatic heterocycles. The minimum Gasteiger partial charge on any atom is -0.481 e. The molecule has 0 aromatic carbocycles. The summed E-state index contributed by atoms with van der Waals surface area (Å²) in [5.74, 6) is -0.972. The third-order valence-electron chi connectivity index (χ3n) is 4.27. The molecule has 22 heavy (non-hydrogen) atoms. The number of carbonyl (C=O) groups is 1. The SMILES string of the molecule is CN(C)CC(C)(C)CN1CC(CCCB(O)O)C(C(=O)O)C1. The summed E-state index contributed by atoms with van der Waals surface area (Å²) in [5.41, 5.74) is 0.114. The number of hydrogen-bond acceptors (Lipinski definition) is 5. The lowest BCUT2D eigenvalue weighted by Gasteiger charge is -2.32. The number of likely N-dealkylation sites (tertiary alicyclic amines) is 1. The highest BCUT2D eigenvalue weighted by Crippen LogP contribution is 2.31. The molecule has 1 aliphatic rings. The van der Waals surface area contributed by atoms with Gasteiger partial charge in [0.05, 0.1) is 5.92 Å². The zero-order valence-corrected chi connectivity index (χ0v) is 14.3. The summed E-state index contributed by atoms with van der Waals surface area (Å²) in [6, 6.07) is 0. The van der Waals surface area contributed by atoms with Gasteiger partial charge < -0.3 is 25.0 Å². The summed E-state index contributed by atoms with van der Waals surface area (Å²) >= 11 is 0. The fraction of sp³-hybridized carbons (Fsp3) is 0.933. The molecule has 128 valence electrons. The van der Waals surface area contributed by atoms with Gasteiger partial charge in [0, 0.05) is 26.2 Å². The van der Waals surface area contributed by atoms with E-state index in [4.69, 9.17) is 10.0 Å². The standard InChI is InChI=1S/C15H31BN2O4/c1-15(2,10-17(3)4)11-18-8-12(6-5-7-16(21)22)13(9-18)14(19)20/h12-13,21-22H,5-11H2,1-4H3,(H,19,20). The molecular weight excluding hydrogens is 283 g/mol. The van der Waals surface area contributed by atoms with Crippen molar-refractivity contribution in [3.05, 3.63) is 0 Å². The van der Waals surface area contributed by atoms with E-state index >= 15 is 0 Å². The number of carboxylic acid groups (broad SMARTS) is 1. The molecule has 0 amide bonds. The first kappa shape index (κ1) is 19.4. The predicted octanol–water partition coefficient (Wildman–Crippen LogP) is 0.460. The van der Waals surface area contributed by atoms with Crippen molar-refractivity contribution in [2.45, 2.75) is 33.0 Å². The Morgan fingerprint density at radius 2 is 1.95 bits per heavy atom. The molecule has 0 spiro atoms. The van der Waals surface area contributed by atoms with Crippen molar-refractivity contribution >= 4 is 13.1 Å². The van der Waals surface area contributed by atoms with Crippen molar-refractivity contribution in [1.29, 1.82) is 0 Å². The van der Waals surface area contributed by atoms with Crippen molar-refractivity contribution < 1.29 is 19.9 Å². The van der Waals surface area contributed by atoms with E-state index in [1.54, 1.807) is 0 Å². The van der Waals surface area contributed by atoms with Gasteiger partial charge in [-0.25, -0.2) is 0 Å². The molecule has 3 N–H and O–H groups in total. The molecule has 0 bridgehead atoms. The van der Waals surface area contributed by atoms with Crippen LogP contribution in [-0.2, 0) is 4.79 Å². The Morgan fingerprint density at radius 1 is 1.32 bits per heavy atom. The minimum atomic E-state index is -1.29. The second kappa shape index (κ2) is 8.29. The van der Waals surface area contributed by atoms with Crippen LogP contribution < -0.4 is 0 Å². The number of rotatable bonds is 9. The van der Waals surface area contributed by atoms with Crippen LogP contribution in [0.25, 0.3) is 0 Å². The van der Waals surface area contributed by atoms with Gasteiger partial charge in [-0.15, -0.1) is 0 Å². The average Bonchev–Trinajstić information content (AvgIpc) is 2.68. The minimum absolute atomic E-state index is 0.103. The van der Waals surface area contributed by atoms with E-state index < -0.39 is 13.1 Å². The van der Waals surface area contributed by atoms with Crippen molar-refractivity contribution in [1.82, 2.24) is 9.80 Å². The first-order valence-electron chi connectivity index (χ1n) is 8.07. The lowest BCUT2D eigenvalue weighted by molar-refractivity contribution is -0.142. The maximum atomic E-state index is 11.5. The Bertz CT molecular complexity index is 363. The second-order valence-corrected chi connectivity index (χ2v) is 7.71. The zero-order chi connectivity index (χ0) is 16.9. The van der Waals surface area contributed by atoms with Crippen LogP contribution in [0.15, 0.2) is 0 Å². The van der Waals surface area contributed by atoms with E-state index in [1.165, 1.54) is 0 Å². The van der Waals surface area contributed by atoms with Crippen LogP contribution in [-0.4, -0.2) is 78.3 Å². The maximum Gasteiger partial charge on any atom is 0.451 e. The first-order valence-corrected chi connectivity index (χ1v) is 8.07. The van der Waals surface area contributed by atoms with Gasteiger partial charge in [-0.3, -0.25) is 4.79 Å². The Labute approximate surface area is 134 Å². The molecule has 1 saturated heterocycles. The summed E-state index contributed by atoms with van der Waals surface area (Å²) in [7, 11) is 2.81. The van der Waals surface area contributed by atoms with Gasteiger partial charge in [-0.05, 0) is 38.2 Å². The van der Waals surface area contributed by atoms with Crippen molar-refractivity contribution in [2.24, 2.45) is 17.3 Å². The third kappa shape index (κ3) is 6.65. The largest absolute Gasteiger partial charge is 0.481 e. The molecule has 1 heterocycles. The van der Waals surface area contributed by atoms with Crippen LogP contribution in [0.4, 0.5) is 0 Å². The molecule has 6 nitrogen and oxygen atoms in total. The Balaban J connectivity index is 2.56. The van der Waals surface area contributed by atoms with Crippen LogP contribution in [0.2, 0.25) is 6.32 Å². The molecule has 0 aromatic heterocycles. The molecule has 1 rings (SSSR count). The molecule has 2 atom stereocenters. The van der Waals surface area contributed by atoms with Crippen LogP contribution in [0.3, 0.4) is 0 Å². The summed E-state index contributed by atoms with van der Waals surface area (Å²) in [4.78, 5) is 15.9. The smallest absolute Gasteiger partial charge is 0.451 e. The molecule has 2 unspecified atom stereocenters. The highest BCUT2D eigenvalue weighted by Gasteiger charge is 2.39. The van der Waals surface area contributed by atoms with Crippen LogP contribution in [0.5, 0.6) is 0 Å². The van der Waals surface area contributed by atoms with Gasteiger partial charge in [0.15, 0.2) is 0 Å². The third-order valence-corrected chi connectivity index (χ3v) is 4.27. The normalized spacial score (nSPS) is 23.2. The predicted molar refractivity (Wildman–Crippen MR) is 87.6 cm³/mol. The van der Waals surface area contributed by atoms with E-state index in [1.807, 2.05) is 0 Å². The van der Waals surface area contributed by atoms with Gasteiger partial charge >= 0.3 is 13.1 Å². The summed E-state index contributed by atoms with van der Waals surface area (Å²) in [6.45, 7) is 7.64. The summed E-state index contributed by atoms with van der Waals surface area (Å²) in [6.07, 6.45) is 1.70. The van der Waals surface area contributed by atoms with E-state index in [0.717, 1.165) is 26.1 Å². The molecule has 0 aliphatic carbocycles. The Morgan fingerprint density at radius 3 is 2.45 bits per heavy atom. The molecule has 7 heteroatoms. The number of nitrogens with zero attached hydrogens (tertiary/aromatic N) is 2. The monoisotopic (exact) mass is 314 g/mol. The van der Waals surface area contributed by atoms with Crippen LogP contribution >= 0.6 is 0 Å². The average molecular weight is 314 g/mol. The molecule has 1 fully saturated rings. The number of carboxylic acids is 1. The maximum absolute atomic E-state index is 11.5. The van der Waals surface area contributed by atoms with Crippen molar-refractivity contribution in [3.63, 3.8) is 0 Å². The fourth-order valence-corrected chi connectivity index (χ4v) is 3.74. The van der Waals surface area contributed by atoms with E-state index in [9.17, 15) is 9.90 Å². The molecule has 0 radical (unpaired) electrons. The van der Waals surface area contributed by atoms with Crippen molar-refractivity contribution in [2.75, 3.05) is 40.3 Å². The topological polar surface area (TPSA) is 84.2 Å². The zero-order valence-electron chi connectivity index (χ0n) is 14.3. The molecule has 0 aromatic rings. The van der Waals surface area contributed by atoms with Crippen LogP contribution in [0, 0.1) is 17.3 Å². The van der Waals surface area contributed by atoms with Gasteiger partial charge in [-0.1, -0.05) is 20.3 Å². The summed E-state index contributed by atoms with van der Waals surface area (Å²) < 4.78 is 0. The Hall–Kier alpha value is -0.625. The fourth-order valence-electron chi connectivity index (χ4n) is 3.74. The second-order valence-electron chi connectivity index (χ2n) is 7.71. The number of aliphatic carboxylic acids is 1. The lowest BCUT2D eigenvalue weighted by atomic mass is 9.80. The van der Waals surface area contributed by atoms with Gasteiger partial charge in [-0.2, -0.15) is 0 Å². The lowest BCUT2D eigenvalue weighted by Crippen LogP contribution is -2.39. The molecular formula is C15H31BN2O4. The Kier molecular flexibility index (Phi) is 7.32. The highest BCUT2D eigenvalue weighted by molar-refractivity contribution is 6.40. The van der Waals surface area contributed by atoms with Crippen LogP contribution in [0.1, 0.15) is 26.7 Å². The summed E-state index contributed by atoms with van der Waals surface area (Å²) in [5, 5.41) is 27.2. The van der Waals surface area contributed by atoms with Crippen molar-refractivity contribution in [3.8, 4) is 0 Å². The highest BCUT2D eigenvalue weighted by atomic mass is 16.4. The first-order chi connectivity index (χ1) is 10.1.